The highest BCUT2D eigenvalue weighted by atomic mass is 16.5. The third-order valence-electron chi connectivity index (χ3n) is 3.22. The molecule has 1 heterocycles. The molecule has 0 saturated heterocycles. The number of nitrogens with zero attached hydrogens (tertiary/aromatic N) is 1. The predicted molar refractivity (Wildman–Crippen MR) is 74.1 cm³/mol. The summed E-state index contributed by atoms with van der Waals surface area (Å²) in [4.78, 5) is 24.5. The number of benzene rings is 1. The van der Waals surface area contributed by atoms with E-state index in [1.165, 1.54) is 0 Å². The lowest BCUT2D eigenvalue weighted by atomic mass is 9.98. The van der Waals surface area contributed by atoms with E-state index >= 15 is 0 Å². The average molecular weight is 277 g/mol. The van der Waals surface area contributed by atoms with Gasteiger partial charge in [-0.2, -0.15) is 0 Å². The summed E-state index contributed by atoms with van der Waals surface area (Å²) in [6.07, 6.45) is 0.779. The maximum absolute atomic E-state index is 12.3. The molecular weight excluding hydrogens is 258 g/mol. The van der Waals surface area contributed by atoms with Gasteiger partial charge < -0.3 is 14.7 Å². The number of hydrogen-bond donors (Lipinski definition) is 1. The summed E-state index contributed by atoms with van der Waals surface area (Å²) in [5.74, 6) is -0.325. The summed E-state index contributed by atoms with van der Waals surface area (Å²) in [6, 6.07) is 5.54. The van der Waals surface area contributed by atoms with Crippen LogP contribution in [0.25, 0.3) is 0 Å². The minimum absolute atomic E-state index is 0.0245. The molecule has 0 unspecified atom stereocenters. The number of rotatable bonds is 5. The van der Waals surface area contributed by atoms with E-state index in [1.54, 1.807) is 11.0 Å². The molecule has 1 aliphatic heterocycles. The molecule has 5 heteroatoms. The highest BCUT2D eigenvalue weighted by Crippen LogP contribution is 2.24. The fraction of sp³-hybridized carbons (Fsp3) is 0.467. The van der Waals surface area contributed by atoms with Crippen LogP contribution in [0, 0.1) is 0 Å². The largest absolute Gasteiger partial charge is 0.491 e. The van der Waals surface area contributed by atoms with E-state index in [0.717, 1.165) is 12.0 Å². The maximum atomic E-state index is 12.3. The predicted octanol–water partition coefficient (Wildman–Crippen LogP) is 1.95. The van der Waals surface area contributed by atoms with Gasteiger partial charge >= 0.3 is 5.97 Å². The second-order valence-corrected chi connectivity index (χ2v) is 5.17. The van der Waals surface area contributed by atoms with Crippen molar-refractivity contribution in [3.8, 4) is 5.75 Å². The Labute approximate surface area is 118 Å². The third kappa shape index (κ3) is 3.29. The first kappa shape index (κ1) is 14.4. The Morgan fingerprint density at radius 1 is 1.45 bits per heavy atom. The highest BCUT2D eigenvalue weighted by Gasteiger charge is 2.25. The van der Waals surface area contributed by atoms with E-state index in [2.05, 4.69) is 0 Å². The molecule has 0 aromatic heterocycles. The van der Waals surface area contributed by atoms with Crippen LogP contribution in [-0.2, 0) is 11.2 Å². The molecule has 108 valence electrons. The van der Waals surface area contributed by atoms with Crippen molar-refractivity contribution >= 4 is 11.9 Å². The number of ether oxygens (including phenoxy) is 1. The van der Waals surface area contributed by atoms with E-state index in [-0.39, 0.29) is 25.0 Å². The van der Waals surface area contributed by atoms with Gasteiger partial charge in [-0.15, -0.1) is 0 Å². The molecule has 2 rings (SSSR count). The summed E-state index contributed by atoms with van der Waals surface area (Å²) in [5, 5.41) is 8.71. The van der Waals surface area contributed by atoms with Crippen LogP contribution in [0.3, 0.4) is 0 Å². The first-order chi connectivity index (χ1) is 9.47. The van der Waals surface area contributed by atoms with Crippen LogP contribution in [0.5, 0.6) is 5.75 Å². The summed E-state index contributed by atoms with van der Waals surface area (Å²) >= 11 is 0. The van der Waals surface area contributed by atoms with Gasteiger partial charge in [-0.25, -0.2) is 0 Å². The summed E-state index contributed by atoms with van der Waals surface area (Å²) < 4.78 is 5.60. The second-order valence-electron chi connectivity index (χ2n) is 5.17. The van der Waals surface area contributed by atoms with Crippen molar-refractivity contribution in [1.29, 1.82) is 0 Å². The van der Waals surface area contributed by atoms with Crippen molar-refractivity contribution in [2.45, 2.75) is 32.8 Å². The Balaban J connectivity index is 2.16. The fourth-order valence-electron chi connectivity index (χ4n) is 2.29. The first-order valence-electron chi connectivity index (χ1n) is 6.78. The van der Waals surface area contributed by atoms with Crippen LogP contribution in [0.2, 0.25) is 0 Å². The van der Waals surface area contributed by atoms with Crippen molar-refractivity contribution in [3.05, 3.63) is 29.3 Å². The number of amides is 1. The molecule has 1 aromatic rings. The molecule has 0 fully saturated rings. The quantitative estimate of drug-likeness (QED) is 0.893. The second kappa shape index (κ2) is 5.94. The molecule has 0 atom stereocenters. The molecule has 1 aromatic carbocycles. The number of fused-ring (bicyclic) bond motifs is 1. The van der Waals surface area contributed by atoms with Gasteiger partial charge in [0.25, 0.3) is 5.91 Å². The Bertz CT molecular complexity index is 525. The van der Waals surface area contributed by atoms with Gasteiger partial charge in [0.05, 0.1) is 12.5 Å². The van der Waals surface area contributed by atoms with Crippen LogP contribution in [0.4, 0.5) is 0 Å². The van der Waals surface area contributed by atoms with E-state index in [0.29, 0.717) is 17.9 Å². The molecule has 0 radical (unpaired) electrons. The maximum Gasteiger partial charge on any atom is 0.305 e. The van der Waals surface area contributed by atoms with Gasteiger partial charge in [0.2, 0.25) is 0 Å². The number of carboxylic acid groups (broad SMARTS) is 1. The summed E-state index contributed by atoms with van der Waals surface area (Å²) in [7, 11) is 0. The molecule has 20 heavy (non-hydrogen) atoms. The Morgan fingerprint density at radius 2 is 2.20 bits per heavy atom. The van der Waals surface area contributed by atoms with E-state index in [1.807, 2.05) is 26.0 Å². The van der Waals surface area contributed by atoms with Gasteiger partial charge in [0.1, 0.15) is 5.75 Å². The van der Waals surface area contributed by atoms with Crippen molar-refractivity contribution in [3.63, 3.8) is 0 Å². The van der Waals surface area contributed by atoms with Gasteiger partial charge in [-0.3, -0.25) is 9.59 Å². The van der Waals surface area contributed by atoms with Gasteiger partial charge in [0.15, 0.2) is 0 Å². The van der Waals surface area contributed by atoms with Crippen molar-refractivity contribution in [2.75, 3.05) is 13.1 Å². The lowest BCUT2D eigenvalue weighted by Crippen LogP contribution is -2.38. The van der Waals surface area contributed by atoms with E-state index in [4.69, 9.17) is 9.84 Å². The SMILES string of the molecule is CC(C)Oc1ccc2c(c1)C(=O)N(CCC(=O)O)CC2. The third-order valence-corrected chi connectivity index (χ3v) is 3.22. The molecule has 1 amide bonds. The monoisotopic (exact) mass is 277 g/mol. The average Bonchev–Trinajstić information content (AvgIpc) is 2.38. The number of carboxylic acids is 1. The number of aliphatic carboxylic acids is 1. The summed E-state index contributed by atoms with van der Waals surface area (Å²) in [6.45, 7) is 4.69. The standard InChI is InChI=1S/C15H19NO4/c1-10(2)20-12-4-3-11-5-7-16(8-6-14(17)18)15(19)13(11)9-12/h3-4,9-10H,5-8H2,1-2H3,(H,17,18). The zero-order valence-corrected chi connectivity index (χ0v) is 11.8. The van der Waals surface area contributed by atoms with Crippen LogP contribution >= 0.6 is 0 Å². The number of carbonyl (C=O) groups is 2. The molecule has 0 bridgehead atoms. The molecule has 1 aliphatic rings. The number of hydrogen-bond acceptors (Lipinski definition) is 3. The van der Waals surface area contributed by atoms with Crippen molar-refractivity contribution in [2.24, 2.45) is 0 Å². The first-order valence-corrected chi connectivity index (χ1v) is 6.78. The Kier molecular flexibility index (Phi) is 4.27. The van der Waals surface area contributed by atoms with Crippen molar-refractivity contribution in [1.82, 2.24) is 4.90 Å². The molecular formula is C15H19NO4. The van der Waals surface area contributed by atoms with Crippen LogP contribution in [-0.4, -0.2) is 41.1 Å². The fourth-order valence-corrected chi connectivity index (χ4v) is 2.29. The van der Waals surface area contributed by atoms with Gasteiger partial charge in [-0.1, -0.05) is 6.07 Å². The zero-order valence-electron chi connectivity index (χ0n) is 11.8. The minimum atomic E-state index is -0.888. The normalized spacial score (nSPS) is 14.3. The van der Waals surface area contributed by atoms with Gasteiger partial charge in [0, 0.05) is 18.7 Å². The van der Waals surface area contributed by atoms with Crippen LogP contribution in [0.15, 0.2) is 18.2 Å². The highest BCUT2D eigenvalue weighted by molar-refractivity contribution is 5.97. The smallest absolute Gasteiger partial charge is 0.305 e. The van der Waals surface area contributed by atoms with Crippen LogP contribution < -0.4 is 4.74 Å². The van der Waals surface area contributed by atoms with Gasteiger partial charge in [-0.05, 0) is 38.0 Å². The Morgan fingerprint density at radius 3 is 2.85 bits per heavy atom. The lowest BCUT2D eigenvalue weighted by molar-refractivity contribution is -0.137. The molecule has 5 nitrogen and oxygen atoms in total. The Hall–Kier alpha value is -2.04. The van der Waals surface area contributed by atoms with E-state index in [9.17, 15) is 9.59 Å². The summed E-state index contributed by atoms with van der Waals surface area (Å²) in [5.41, 5.74) is 1.62. The lowest BCUT2D eigenvalue weighted by Gasteiger charge is -2.28. The molecule has 0 saturated carbocycles. The minimum Gasteiger partial charge on any atom is -0.491 e. The zero-order chi connectivity index (χ0) is 14.7. The topological polar surface area (TPSA) is 66.8 Å². The van der Waals surface area contributed by atoms with E-state index < -0.39 is 5.97 Å². The molecule has 1 N–H and O–H groups in total. The van der Waals surface area contributed by atoms with Crippen molar-refractivity contribution < 1.29 is 19.4 Å². The molecule has 0 aliphatic carbocycles. The number of carbonyl (C=O) groups excluding carboxylic acids is 1. The molecule has 0 spiro atoms. The van der Waals surface area contributed by atoms with Crippen LogP contribution in [0.1, 0.15) is 36.2 Å².